The van der Waals surface area contributed by atoms with Gasteiger partial charge in [0.1, 0.15) is 5.52 Å². The van der Waals surface area contributed by atoms with Crippen molar-refractivity contribution in [2.24, 2.45) is 0 Å². The molecule has 0 radical (unpaired) electrons. The van der Waals surface area contributed by atoms with Crippen molar-refractivity contribution in [3.05, 3.63) is 59.5 Å². The number of ether oxygens (including phenoxy) is 1. The Morgan fingerprint density at radius 1 is 1.14 bits per heavy atom. The second-order valence-corrected chi connectivity index (χ2v) is 9.26. The molecule has 1 aliphatic heterocycles. The fourth-order valence-corrected chi connectivity index (χ4v) is 5.36. The molecule has 3 aromatic rings. The molecule has 2 aromatic carbocycles. The minimum atomic E-state index is -4.60. The van der Waals surface area contributed by atoms with Crippen molar-refractivity contribution in [2.75, 3.05) is 6.61 Å². The van der Waals surface area contributed by atoms with Crippen molar-refractivity contribution in [1.82, 2.24) is 4.98 Å². The number of oxazole rings is 1. The molecule has 1 fully saturated rings. The zero-order valence-electron chi connectivity index (χ0n) is 15.4. The molecule has 0 spiro atoms. The molecule has 154 valence electrons. The number of rotatable bonds is 3. The van der Waals surface area contributed by atoms with Crippen LogP contribution in [0, 0.1) is 6.92 Å². The van der Waals surface area contributed by atoms with E-state index < -0.39 is 32.9 Å². The third-order valence-electron chi connectivity index (χ3n) is 5.05. The van der Waals surface area contributed by atoms with E-state index in [1.165, 1.54) is 6.07 Å². The highest BCUT2D eigenvalue weighted by molar-refractivity contribution is 7.92. The van der Waals surface area contributed by atoms with Gasteiger partial charge in [0.2, 0.25) is 0 Å². The summed E-state index contributed by atoms with van der Waals surface area (Å²) in [5.41, 5.74) is 1.05. The number of nitrogens with zero attached hydrogens (tertiary/aromatic N) is 1. The number of alkyl halides is 3. The van der Waals surface area contributed by atoms with E-state index in [2.05, 4.69) is 4.98 Å². The molecule has 0 saturated carbocycles. The summed E-state index contributed by atoms with van der Waals surface area (Å²) in [4.78, 5) is 3.95. The summed E-state index contributed by atoms with van der Waals surface area (Å²) in [6.45, 7) is 1.93. The first-order valence-electron chi connectivity index (χ1n) is 9.04. The fourth-order valence-electron chi connectivity index (χ4n) is 3.58. The van der Waals surface area contributed by atoms with Crippen LogP contribution in [0.4, 0.5) is 13.2 Å². The average molecular weight is 425 g/mol. The SMILES string of the molecule is Cc1nc2cc(C3CC(S(=O)(=O)c4cccc(C(F)(F)F)c4)CCO3)ccc2o1. The zero-order valence-corrected chi connectivity index (χ0v) is 16.3. The summed E-state index contributed by atoms with van der Waals surface area (Å²) in [6, 6.07) is 9.21. The smallest absolute Gasteiger partial charge is 0.416 e. The molecule has 1 aromatic heterocycles. The lowest BCUT2D eigenvalue weighted by Crippen LogP contribution is -2.31. The number of hydrogen-bond acceptors (Lipinski definition) is 5. The van der Waals surface area contributed by atoms with Gasteiger partial charge in [-0.25, -0.2) is 13.4 Å². The van der Waals surface area contributed by atoms with Crippen molar-refractivity contribution < 1.29 is 30.7 Å². The summed E-state index contributed by atoms with van der Waals surface area (Å²) in [5.74, 6) is 0.520. The maximum absolute atomic E-state index is 13.0. The Morgan fingerprint density at radius 3 is 2.69 bits per heavy atom. The fraction of sp³-hybridized carbons (Fsp3) is 0.350. The normalized spacial score (nSPS) is 20.8. The van der Waals surface area contributed by atoms with E-state index in [1.54, 1.807) is 25.1 Å². The third-order valence-corrected chi connectivity index (χ3v) is 7.27. The van der Waals surface area contributed by atoms with Crippen molar-refractivity contribution in [2.45, 2.75) is 42.2 Å². The highest BCUT2D eigenvalue weighted by Gasteiger charge is 2.36. The summed E-state index contributed by atoms with van der Waals surface area (Å²) < 4.78 is 76.2. The quantitative estimate of drug-likeness (QED) is 0.600. The Hall–Kier alpha value is -2.39. The number of aryl methyl sites for hydroxylation is 1. The molecule has 1 saturated heterocycles. The van der Waals surface area contributed by atoms with Crippen LogP contribution in [0.2, 0.25) is 0 Å². The van der Waals surface area contributed by atoms with Crippen LogP contribution in [0.5, 0.6) is 0 Å². The van der Waals surface area contributed by atoms with Crippen molar-refractivity contribution in [1.29, 1.82) is 0 Å². The van der Waals surface area contributed by atoms with Crippen LogP contribution in [-0.4, -0.2) is 25.3 Å². The maximum atomic E-state index is 13.0. The maximum Gasteiger partial charge on any atom is 0.416 e. The molecular weight excluding hydrogens is 407 g/mol. The van der Waals surface area contributed by atoms with Gasteiger partial charge in [-0.2, -0.15) is 13.2 Å². The number of fused-ring (bicyclic) bond motifs is 1. The molecule has 2 atom stereocenters. The highest BCUT2D eigenvalue weighted by atomic mass is 32.2. The summed E-state index contributed by atoms with van der Waals surface area (Å²) in [5, 5.41) is -0.834. The number of sulfone groups is 1. The molecule has 9 heteroatoms. The van der Waals surface area contributed by atoms with Crippen LogP contribution in [0.3, 0.4) is 0 Å². The largest absolute Gasteiger partial charge is 0.441 e. The predicted molar refractivity (Wildman–Crippen MR) is 99.1 cm³/mol. The Morgan fingerprint density at radius 2 is 1.93 bits per heavy atom. The van der Waals surface area contributed by atoms with Crippen LogP contribution >= 0.6 is 0 Å². The molecule has 2 heterocycles. The minimum Gasteiger partial charge on any atom is -0.441 e. The Bertz CT molecular complexity index is 1150. The average Bonchev–Trinajstić information content (AvgIpc) is 3.06. The zero-order chi connectivity index (χ0) is 20.8. The van der Waals surface area contributed by atoms with E-state index in [0.29, 0.717) is 23.1 Å². The second kappa shape index (κ2) is 7.14. The molecule has 4 rings (SSSR count). The van der Waals surface area contributed by atoms with E-state index in [-0.39, 0.29) is 24.3 Å². The van der Waals surface area contributed by atoms with Crippen LogP contribution < -0.4 is 0 Å². The van der Waals surface area contributed by atoms with Crippen LogP contribution in [0.15, 0.2) is 51.8 Å². The van der Waals surface area contributed by atoms with Crippen LogP contribution in [0.25, 0.3) is 11.1 Å². The topological polar surface area (TPSA) is 69.4 Å². The van der Waals surface area contributed by atoms with Gasteiger partial charge in [0.15, 0.2) is 21.3 Å². The van der Waals surface area contributed by atoms with Crippen molar-refractivity contribution >= 4 is 20.9 Å². The van der Waals surface area contributed by atoms with Gasteiger partial charge >= 0.3 is 6.18 Å². The van der Waals surface area contributed by atoms with E-state index in [4.69, 9.17) is 9.15 Å². The standard InChI is InChI=1S/C20H18F3NO4S/c1-12-24-17-9-13(5-6-18(17)28-12)19-11-16(7-8-27-19)29(25,26)15-4-2-3-14(10-15)20(21,22)23/h2-6,9-10,16,19H,7-8,11H2,1H3. The van der Waals surface area contributed by atoms with E-state index >= 15 is 0 Å². The van der Waals surface area contributed by atoms with Gasteiger partial charge in [-0.05, 0) is 48.7 Å². The van der Waals surface area contributed by atoms with Gasteiger partial charge in [-0.3, -0.25) is 0 Å². The number of halogens is 3. The van der Waals surface area contributed by atoms with Gasteiger partial charge in [-0.1, -0.05) is 12.1 Å². The minimum absolute atomic E-state index is 0.154. The lowest BCUT2D eigenvalue weighted by molar-refractivity contribution is -0.137. The van der Waals surface area contributed by atoms with Gasteiger partial charge < -0.3 is 9.15 Å². The number of hydrogen-bond donors (Lipinski definition) is 0. The first kappa shape index (κ1) is 19.9. The van der Waals surface area contributed by atoms with Crippen LogP contribution in [0.1, 0.15) is 36.0 Å². The Balaban J connectivity index is 1.61. The predicted octanol–water partition coefficient (Wildman–Crippen LogP) is 4.85. The van der Waals surface area contributed by atoms with Gasteiger partial charge in [0.25, 0.3) is 0 Å². The van der Waals surface area contributed by atoms with Gasteiger partial charge in [0.05, 0.1) is 21.8 Å². The first-order chi connectivity index (χ1) is 13.6. The molecular formula is C20H18F3NO4S. The summed E-state index contributed by atoms with van der Waals surface area (Å²) >= 11 is 0. The van der Waals surface area contributed by atoms with Gasteiger partial charge in [0, 0.05) is 13.5 Å². The lowest BCUT2D eigenvalue weighted by atomic mass is 10.0. The summed E-state index contributed by atoms with van der Waals surface area (Å²) in [7, 11) is -3.94. The van der Waals surface area contributed by atoms with E-state index in [0.717, 1.165) is 17.7 Å². The monoisotopic (exact) mass is 425 g/mol. The van der Waals surface area contributed by atoms with Crippen molar-refractivity contribution in [3.8, 4) is 0 Å². The molecule has 29 heavy (non-hydrogen) atoms. The third kappa shape index (κ3) is 3.89. The molecule has 0 aliphatic carbocycles. The molecule has 5 nitrogen and oxygen atoms in total. The number of benzene rings is 2. The molecule has 0 amide bonds. The molecule has 0 N–H and O–H groups in total. The molecule has 0 bridgehead atoms. The van der Waals surface area contributed by atoms with E-state index in [9.17, 15) is 21.6 Å². The second-order valence-electron chi connectivity index (χ2n) is 7.04. The number of aromatic nitrogens is 1. The Labute approximate surface area is 165 Å². The highest BCUT2D eigenvalue weighted by Crippen LogP contribution is 2.36. The molecule has 2 unspecified atom stereocenters. The van der Waals surface area contributed by atoms with Crippen molar-refractivity contribution in [3.63, 3.8) is 0 Å². The van der Waals surface area contributed by atoms with Gasteiger partial charge in [-0.15, -0.1) is 0 Å². The first-order valence-corrected chi connectivity index (χ1v) is 10.6. The van der Waals surface area contributed by atoms with Crippen LogP contribution in [-0.2, 0) is 20.8 Å². The Kier molecular flexibility index (Phi) is 4.90. The molecule has 1 aliphatic rings. The summed E-state index contributed by atoms with van der Waals surface area (Å²) in [6.07, 6.45) is -4.72. The lowest BCUT2D eigenvalue weighted by Gasteiger charge is -2.29. The van der Waals surface area contributed by atoms with E-state index in [1.807, 2.05) is 0 Å².